The van der Waals surface area contributed by atoms with Crippen molar-refractivity contribution in [2.75, 3.05) is 11.1 Å². The molecule has 1 amide bonds. The molecule has 0 fully saturated rings. The zero-order chi connectivity index (χ0) is 14.6. The van der Waals surface area contributed by atoms with Crippen molar-refractivity contribution in [3.63, 3.8) is 0 Å². The van der Waals surface area contributed by atoms with Gasteiger partial charge in [-0.3, -0.25) is 5.32 Å². The third kappa shape index (κ3) is 4.47. The van der Waals surface area contributed by atoms with E-state index >= 15 is 0 Å². The van der Waals surface area contributed by atoms with E-state index in [-0.39, 0.29) is 0 Å². The fourth-order valence-electron chi connectivity index (χ4n) is 1.86. The van der Waals surface area contributed by atoms with Gasteiger partial charge < -0.3 is 10.5 Å². The molecule has 0 aliphatic heterocycles. The molecular weight excluding hydrogens is 240 g/mol. The molecule has 19 heavy (non-hydrogen) atoms. The van der Waals surface area contributed by atoms with Crippen LogP contribution < -0.4 is 11.1 Å². The molecule has 0 radical (unpaired) electrons. The maximum Gasteiger partial charge on any atom is 0.412 e. The second-order valence-electron chi connectivity index (χ2n) is 5.54. The molecule has 0 bridgehead atoms. The van der Waals surface area contributed by atoms with Crippen LogP contribution in [0.4, 0.5) is 16.2 Å². The minimum absolute atomic E-state index is 0.443. The molecule has 4 heteroatoms. The summed E-state index contributed by atoms with van der Waals surface area (Å²) >= 11 is 0. The topological polar surface area (TPSA) is 64.3 Å². The van der Waals surface area contributed by atoms with E-state index in [9.17, 15) is 4.79 Å². The van der Waals surface area contributed by atoms with Crippen LogP contribution in [0.3, 0.4) is 0 Å². The van der Waals surface area contributed by atoms with Crippen molar-refractivity contribution >= 4 is 17.5 Å². The number of carbonyl (C=O) groups is 1. The first-order valence-electron chi connectivity index (χ1n) is 6.68. The van der Waals surface area contributed by atoms with Gasteiger partial charge in [0.1, 0.15) is 5.60 Å². The highest BCUT2D eigenvalue weighted by atomic mass is 16.6. The second-order valence-corrected chi connectivity index (χ2v) is 5.54. The number of hydrogen-bond donors (Lipinski definition) is 2. The van der Waals surface area contributed by atoms with E-state index in [4.69, 9.17) is 10.5 Å². The highest BCUT2D eigenvalue weighted by molar-refractivity contribution is 5.86. The Balaban J connectivity index is 2.93. The van der Waals surface area contributed by atoms with Crippen LogP contribution >= 0.6 is 0 Å². The number of anilines is 2. The summed E-state index contributed by atoms with van der Waals surface area (Å²) < 4.78 is 5.24. The Morgan fingerprint density at radius 1 is 1.21 bits per heavy atom. The van der Waals surface area contributed by atoms with E-state index in [1.165, 1.54) is 0 Å². The number of ether oxygens (including phenoxy) is 1. The number of rotatable bonds is 3. The van der Waals surface area contributed by atoms with Gasteiger partial charge in [-0.05, 0) is 56.9 Å². The van der Waals surface area contributed by atoms with E-state index in [1.54, 1.807) is 0 Å². The molecule has 1 rings (SSSR count). The van der Waals surface area contributed by atoms with Gasteiger partial charge in [-0.25, -0.2) is 4.79 Å². The summed E-state index contributed by atoms with van der Waals surface area (Å²) in [5.41, 5.74) is 9.21. The first kappa shape index (κ1) is 15.3. The van der Waals surface area contributed by atoms with Crippen LogP contribution in [-0.2, 0) is 17.6 Å². The summed E-state index contributed by atoms with van der Waals surface area (Å²) in [6.07, 6.45) is 1.23. The van der Waals surface area contributed by atoms with Gasteiger partial charge in [0.2, 0.25) is 0 Å². The van der Waals surface area contributed by atoms with Crippen LogP contribution in [0.1, 0.15) is 45.7 Å². The number of nitrogens with one attached hydrogen (secondary N) is 1. The predicted molar refractivity (Wildman–Crippen MR) is 79.5 cm³/mol. The fourth-order valence-corrected chi connectivity index (χ4v) is 1.86. The number of hydrogen-bond acceptors (Lipinski definition) is 3. The molecule has 4 nitrogen and oxygen atoms in total. The average Bonchev–Trinajstić information content (AvgIpc) is 2.28. The van der Waals surface area contributed by atoms with E-state index in [0.717, 1.165) is 35.3 Å². The molecule has 0 heterocycles. The molecule has 0 aliphatic carbocycles. The lowest BCUT2D eigenvalue weighted by molar-refractivity contribution is 0.0636. The molecule has 3 N–H and O–H groups in total. The predicted octanol–water partition coefficient (Wildman–Crippen LogP) is 3.74. The van der Waals surface area contributed by atoms with Crippen molar-refractivity contribution in [3.8, 4) is 0 Å². The molecule has 0 unspecified atom stereocenters. The summed E-state index contributed by atoms with van der Waals surface area (Å²) in [4.78, 5) is 11.7. The molecule has 0 aromatic heterocycles. The van der Waals surface area contributed by atoms with Crippen molar-refractivity contribution < 1.29 is 9.53 Å². The normalized spacial score (nSPS) is 11.2. The Morgan fingerprint density at radius 3 is 2.05 bits per heavy atom. The molecule has 0 aliphatic rings. The highest BCUT2D eigenvalue weighted by Crippen LogP contribution is 2.25. The summed E-state index contributed by atoms with van der Waals surface area (Å²) in [7, 11) is 0. The largest absolute Gasteiger partial charge is 0.444 e. The summed E-state index contributed by atoms with van der Waals surface area (Å²) in [6.45, 7) is 9.60. The third-order valence-corrected chi connectivity index (χ3v) is 2.76. The fraction of sp³-hybridized carbons (Fsp3) is 0.533. The van der Waals surface area contributed by atoms with E-state index < -0.39 is 11.7 Å². The number of amides is 1. The number of nitrogens with two attached hydrogens (primary N) is 1. The zero-order valence-electron chi connectivity index (χ0n) is 12.5. The Hall–Kier alpha value is -1.71. The van der Waals surface area contributed by atoms with Crippen molar-refractivity contribution in [2.24, 2.45) is 0 Å². The lowest BCUT2D eigenvalue weighted by Crippen LogP contribution is -2.27. The average molecular weight is 264 g/mol. The van der Waals surface area contributed by atoms with Crippen LogP contribution in [-0.4, -0.2) is 11.7 Å². The first-order chi connectivity index (χ1) is 8.76. The van der Waals surface area contributed by atoms with Gasteiger partial charge in [-0.1, -0.05) is 13.8 Å². The third-order valence-electron chi connectivity index (χ3n) is 2.76. The number of nitrogen functional groups attached to an aromatic ring is 1. The maximum absolute atomic E-state index is 11.7. The Bertz CT molecular complexity index is 437. The smallest absolute Gasteiger partial charge is 0.412 e. The van der Waals surface area contributed by atoms with Crippen molar-refractivity contribution in [2.45, 2.75) is 53.1 Å². The van der Waals surface area contributed by atoms with Gasteiger partial charge >= 0.3 is 6.09 Å². The Morgan fingerprint density at radius 2 is 1.68 bits per heavy atom. The van der Waals surface area contributed by atoms with Gasteiger partial charge in [0.25, 0.3) is 0 Å². The van der Waals surface area contributed by atoms with Crippen LogP contribution in [0.25, 0.3) is 0 Å². The second kappa shape index (κ2) is 5.95. The lowest BCUT2D eigenvalue weighted by atomic mass is 10.0. The first-order valence-corrected chi connectivity index (χ1v) is 6.68. The Labute approximate surface area is 115 Å². The number of benzene rings is 1. The maximum atomic E-state index is 11.7. The molecule has 106 valence electrons. The quantitative estimate of drug-likeness (QED) is 0.817. The number of aryl methyl sites for hydroxylation is 2. The standard InChI is InChI=1S/C15H24N2O2/c1-6-10-8-12(9-11(7-2)13(10)16)17-14(18)19-15(3,4)5/h8-9H,6-7,16H2,1-5H3,(H,17,18). The Kier molecular flexibility index (Phi) is 4.81. The van der Waals surface area contributed by atoms with Gasteiger partial charge in [0, 0.05) is 11.4 Å². The SMILES string of the molecule is CCc1cc(NC(=O)OC(C)(C)C)cc(CC)c1N. The molecular formula is C15H24N2O2. The molecule has 0 saturated carbocycles. The van der Waals surface area contributed by atoms with Gasteiger partial charge in [0.05, 0.1) is 0 Å². The van der Waals surface area contributed by atoms with Gasteiger partial charge in [0.15, 0.2) is 0 Å². The van der Waals surface area contributed by atoms with Crippen LogP contribution in [0.2, 0.25) is 0 Å². The van der Waals surface area contributed by atoms with Crippen LogP contribution in [0, 0.1) is 0 Å². The summed E-state index contributed by atoms with van der Waals surface area (Å²) in [6, 6.07) is 3.80. The molecule has 0 spiro atoms. The van der Waals surface area contributed by atoms with E-state index in [0.29, 0.717) is 0 Å². The van der Waals surface area contributed by atoms with Gasteiger partial charge in [-0.15, -0.1) is 0 Å². The van der Waals surface area contributed by atoms with Crippen LogP contribution in [0.5, 0.6) is 0 Å². The highest BCUT2D eigenvalue weighted by Gasteiger charge is 2.16. The van der Waals surface area contributed by atoms with E-state index in [2.05, 4.69) is 5.32 Å². The molecule has 0 saturated heterocycles. The monoisotopic (exact) mass is 264 g/mol. The van der Waals surface area contributed by atoms with Crippen molar-refractivity contribution in [1.82, 2.24) is 0 Å². The van der Waals surface area contributed by atoms with Crippen molar-refractivity contribution in [1.29, 1.82) is 0 Å². The number of carbonyl (C=O) groups excluding carboxylic acids is 1. The molecule has 1 aromatic rings. The minimum atomic E-state index is -0.501. The van der Waals surface area contributed by atoms with Crippen LogP contribution in [0.15, 0.2) is 12.1 Å². The lowest BCUT2D eigenvalue weighted by Gasteiger charge is -2.20. The van der Waals surface area contributed by atoms with Crippen molar-refractivity contribution in [3.05, 3.63) is 23.3 Å². The van der Waals surface area contributed by atoms with Gasteiger partial charge in [-0.2, -0.15) is 0 Å². The molecule has 1 aromatic carbocycles. The summed E-state index contributed by atoms with van der Waals surface area (Å²) in [5, 5.41) is 2.76. The minimum Gasteiger partial charge on any atom is -0.444 e. The zero-order valence-corrected chi connectivity index (χ0v) is 12.5. The molecule has 0 atom stereocenters. The van der Waals surface area contributed by atoms with E-state index in [1.807, 2.05) is 46.8 Å². The summed E-state index contributed by atoms with van der Waals surface area (Å²) in [5.74, 6) is 0.